The zero-order valence-corrected chi connectivity index (χ0v) is 54.0. The van der Waals surface area contributed by atoms with Crippen LogP contribution in [0.4, 0.5) is 23.4 Å². The average molecular weight is 1330 g/mol. The van der Waals surface area contributed by atoms with Gasteiger partial charge in [0.2, 0.25) is 5.95 Å². The molecule has 4 aliphatic heterocycles. The number of nitrogen functional groups attached to an aromatic ring is 4. The molecule has 5 aromatic heterocycles. The normalized spacial score (nSPS) is 27.2. The van der Waals surface area contributed by atoms with Crippen LogP contribution >= 0.6 is 21.3 Å². The minimum Gasteiger partial charge on any atom is -0.383 e. The van der Waals surface area contributed by atoms with E-state index < -0.39 is 93.2 Å². The van der Waals surface area contributed by atoms with Crippen molar-refractivity contribution >= 4 is 79.4 Å². The molecular weight excluding hydrogens is 1250 g/mol. The summed E-state index contributed by atoms with van der Waals surface area (Å²) in [6.07, 6.45) is 4.87. The Morgan fingerprint density at radius 1 is 0.575 bits per heavy atom. The van der Waals surface area contributed by atoms with Crippen LogP contribution in [0.3, 0.4) is 0 Å². The van der Waals surface area contributed by atoms with Crippen LogP contribution in [0.25, 0.3) is 11.2 Å². The van der Waals surface area contributed by atoms with E-state index in [1.165, 1.54) is 34.2 Å². The van der Waals surface area contributed by atoms with Gasteiger partial charge >= 0.3 is 38.3 Å². The molecule has 34 nitrogen and oxygen atoms in total. The quantitative estimate of drug-likeness (QED) is 0.0551. The van der Waals surface area contributed by atoms with Gasteiger partial charge in [0.15, 0.2) is 11.2 Å². The van der Waals surface area contributed by atoms with Gasteiger partial charge in [-0.1, -0.05) is 20.8 Å². The number of H-pyrrole nitrogens is 1. The van der Waals surface area contributed by atoms with E-state index in [0.717, 1.165) is 12.7 Å². The number of nitrogens with zero attached hydrogens (tertiary/aromatic N) is 9. The maximum Gasteiger partial charge on any atom is 0.472 e. The Labute approximate surface area is 509 Å². The third-order valence-corrected chi connectivity index (χ3v) is 18.7. The average Bonchev–Trinajstić information content (AvgIpc) is 2.23. The number of phosphoric ester groups is 1. The number of aromatic amines is 1. The summed E-state index contributed by atoms with van der Waals surface area (Å²) in [6.45, 7) is 4.83. The summed E-state index contributed by atoms with van der Waals surface area (Å²) in [5.74, 6) is 0.607. The zero-order valence-electron chi connectivity index (χ0n) is 49.7. The maximum absolute atomic E-state index is 12.0. The van der Waals surface area contributed by atoms with Crippen LogP contribution in [-0.2, 0) is 83.7 Å². The first-order chi connectivity index (χ1) is 40.9. The fourth-order valence-electron chi connectivity index (χ4n) is 9.62. The first-order valence-corrected chi connectivity index (χ1v) is 33.8. The van der Waals surface area contributed by atoms with Crippen molar-refractivity contribution in [2.24, 2.45) is 0 Å². The number of ether oxygens (including phenoxy) is 6. The van der Waals surface area contributed by atoms with E-state index in [0.29, 0.717) is 61.9 Å². The van der Waals surface area contributed by atoms with E-state index in [2.05, 4.69) is 34.4 Å². The minimum atomic E-state index is -4.12. The first-order valence-electron chi connectivity index (χ1n) is 27.1. The predicted octanol–water partition coefficient (Wildman–Crippen LogP) is 2.77. The number of nitrogens with two attached hydrogens (primary N) is 4. The number of anilines is 4. The number of hydrogen-bond acceptors (Lipinski definition) is 28. The van der Waals surface area contributed by atoms with Crippen LogP contribution in [-0.4, -0.2) is 154 Å². The summed E-state index contributed by atoms with van der Waals surface area (Å²) < 4.78 is 81.3. The second-order valence-corrected chi connectivity index (χ2v) is 27.4. The first kappa shape index (κ1) is 71.2. The number of imidazole rings is 1. The molecule has 9 rings (SSSR count). The van der Waals surface area contributed by atoms with E-state index in [1.54, 1.807) is 58.1 Å². The van der Waals surface area contributed by atoms with E-state index in [4.69, 9.17) is 97.6 Å². The fourth-order valence-corrected chi connectivity index (χ4v) is 12.2. The smallest absolute Gasteiger partial charge is 0.383 e. The molecule has 4 fully saturated rings. The Bertz CT molecular complexity index is 3450. The Kier molecular flexibility index (Phi) is 25.2. The number of phosphoric acid groups is 1. The molecule has 0 amide bonds. The van der Waals surface area contributed by atoms with E-state index in [9.17, 15) is 38.4 Å². The minimum absolute atomic E-state index is 0.00247. The highest BCUT2D eigenvalue weighted by atomic mass is 32.5. The number of nitrogens with one attached hydrogen (secondary N) is 1. The number of aromatic nitrogens is 10. The molecule has 87 heavy (non-hydrogen) atoms. The molecule has 15 atom stereocenters. The van der Waals surface area contributed by atoms with Gasteiger partial charge in [-0.25, -0.2) is 23.9 Å². The topological polar surface area (TPSA) is 461 Å². The second-order valence-electron chi connectivity index (χ2n) is 20.1. The van der Waals surface area contributed by atoms with Gasteiger partial charge in [0.1, 0.15) is 48.5 Å². The van der Waals surface area contributed by atoms with Crippen molar-refractivity contribution in [3.63, 3.8) is 0 Å². The Balaban J connectivity index is 0.000000186. The lowest BCUT2D eigenvalue weighted by Crippen LogP contribution is -2.29. The monoisotopic (exact) mass is 1330 g/mol. The largest absolute Gasteiger partial charge is 0.472 e. The standard InChI is InChI=1S/C12H18N5O5PS.C12H20N3O6P.C12H20N3O5PS.C12H19N3O4/c1-3-6-7(22-23(19,24)20-2)4-8(21-6)17-5-14-9-10(17)15-12(13)16-11(9)18;1-4-8-9(21-22(17,18)19-3)5-10(20-8)15-6-7(2)11(13)14-12(15)16;1-4-8-9(20-21(17,22)18-3)5-10(19-8)15-6-7(2)11(13)14-12(15)16;1-7-5-15(12(16)14-11(7)13)10-4-8(18-3)9(19-10)6-17-2/h5-8H,3-4H2,1-2H3,(H,19,24)(H3,13,15,16,18);6,8-10H,4-5H2,1-3H3,(H,17,18)(H2,13,14,16);6,8-10H,4-5H2,1-3H3,(H,17,22)(H2,13,14,16);5,8-10H,4,6H2,1-3H3,(H2,13,14,16)/t6-,7?,8-,23?;8-,9?,10-;8-,9?,10-,21?;8?,9-,10-/m1111/s1. The maximum atomic E-state index is 12.0. The summed E-state index contributed by atoms with van der Waals surface area (Å²) in [5.41, 5.74) is 23.1. The van der Waals surface area contributed by atoms with Gasteiger partial charge in [0.05, 0.1) is 55.7 Å². The molecule has 486 valence electrons. The molecule has 12 N–H and O–H groups in total. The van der Waals surface area contributed by atoms with Gasteiger partial charge in [0, 0.05) is 96.5 Å². The van der Waals surface area contributed by atoms with Gasteiger partial charge in [-0.3, -0.25) is 37.1 Å². The molecule has 9 heterocycles. The number of fused-ring (bicyclic) bond motifs is 1. The van der Waals surface area contributed by atoms with Crippen LogP contribution in [0.1, 0.15) is 107 Å². The van der Waals surface area contributed by atoms with E-state index >= 15 is 0 Å². The van der Waals surface area contributed by atoms with Crippen LogP contribution in [0.2, 0.25) is 0 Å². The van der Waals surface area contributed by atoms with Crippen molar-refractivity contribution in [3.05, 3.63) is 83.4 Å². The molecule has 0 spiro atoms. The molecule has 4 saturated heterocycles. The van der Waals surface area contributed by atoms with Crippen molar-refractivity contribution in [1.82, 2.24) is 48.2 Å². The Morgan fingerprint density at radius 2 is 0.943 bits per heavy atom. The summed E-state index contributed by atoms with van der Waals surface area (Å²) in [7, 11) is 2.79. The summed E-state index contributed by atoms with van der Waals surface area (Å²) in [6, 6.07) is 0. The number of rotatable bonds is 19. The third kappa shape index (κ3) is 18.2. The molecule has 39 heteroatoms. The lowest BCUT2D eigenvalue weighted by Gasteiger charge is -2.21. The molecule has 5 aromatic rings. The van der Waals surface area contributed by atoms with Gasteiger partial charge in [0.25, 0.3) is 5.56 Å². The van der Waals surface area contributed by atoms with Crippen molar-refractivity contribution in [2.75, 3.05) is 65.1 Å². The highest BCUT2D eigenvalue weighted by Gasteiger charge is 2.43. The SMILES string of the molecule is CC[C@H]1O[C@@H](n2cc(C)c(N)nc2=O)CC1OP(=O)(O)OC.CC[C@H]1O[C@@H](n2cc(C)c(N)nc2=O)CC1OP(O)(=S)OC.CC[C@H]1O[C@@H](n2cnc3c(=O)[nH]c(N)nc32)CC1OP(O)(=S)OC.COC[C@H]1O[C@@H](n2cc(C)c(N)nc2=O)CC1OC. The van der Waals surface area contributed by atoms with Crippen molar-refractivity contribution in [3.8, 4) is 0 Å². The van der Waals surface area contributed by atoms with Gasteiger partial charge < -0.3 is 84.1 Å². The molecule has 0 saturated carbocycles. The highest BCUT2D eigenvalue weighted by molar-refractivity contribution is 8.07. The third-order valence-electron chi connectivity index (χ3n) is 14.3. The predicted molar refractivity (Wildman–Crippen MR) is 322 cm³/mol. The van der Waals surface area contributed by atoms with Crippen LogP contribution < -0.4 is 45.6 Å². The lowest BCUT2D eigenvalue weighted by atomic mass is 10.1. The zero-order chi connectivity index (χ0) is 64.5. The Morgan fingerprint density at radius 3 is 1.30 bits per heavy atom. The van der Waals surface area contributed by atoms with E-state index in [-0.39, 0.29) is 59.8 Å². The second kappa shape index (κ2) is 30.8. The number of hydrogen-bond donors (Lipinski definition) is 8. The van der Waals surface area contributed by atoms with Gasteiger partial charge in [-0.15, -0.1) is 0 Å². The molecule has 4 aliphatic rings. The molecule has 0 aliphatic carbocycles. The highest BCUT2D eigenvalue weighted by Crippen LogP contribution is 2.50. The van der Waals surface area contributed by atoms with Crippen LogP contribution in [0.15, 0.2) is 44.1 Å². The van der Waals surface area contributed by atoms with E-state index in [1.807, 2.05) is 20.8 Å². The summed E-state index contributed by atoms with van der Waals surface area (Å²) >= 11 is 9.78. The molecule has 0 bridgehead atoms. The molecular formula is C48H77N14O20P3S2. The molecule has 0 radical (unpaired) electrons. The lowest BCUT2D eigenvalue weighted by molar-refractivity contribution is -0.0618. The number of aryl methyl sites for hydroxylation is 3. The Hall–Kier alpha value is -4.88. The van der Waals surface area contributed by atoms with Gasteiger partial charge in [-0.05, 0) is 63.6 Å². The molecule has 7 unspecified atom stereocenters. The number of methoxy groups -OCH3 is 2. The van der Waals surface area contributed by atoms with Crippen LogP contribution in [0.5, 0.6) is 0 Å². The van der Waals surface area contributed by atoms with Crippen LogP contribution in [0, 0.1) is 20.8 Å². The fraction of sp³-hybridized carbons (Fsp3) is 0.646. The van der Waals surface area contributed by atoms with Gasteiger partial charge in [-0.2, -0.15) is 19.9 Å². The molecule has 0 aromatic carbocycles. The van der Waals surface area contributed by atoms with Crippen molar-refractivity contribution in [2.45, 2.75) is 160 Å². The summed E-state index contributed by atoms with van der Waals surface area (Å²) in [4.78, 5) is 98.6. The van der Waals surface area contributed by atoms with Crippen molar-refractivity contribution < 1.29 is 74.8 Å². The van der Waals surface area contributed by atoms with Crippen molar-refractivity contribution in [1.29, 1.82) is 0 Å². The summed E-state index contributed by atoms with van der Waals surface area (Å²) in [5, 5.41) is 0.